The second kappa shape index (κ2) is 9.02. The van der Waals surface area contributed by atoms with Crippen LogP contribution in [0.4, 0.5) is 4.39 Å². The first-order valence-electron chi connectivity index (χ1n) is 7.50. The second-order valence-corrected chi connectivity index (χ2v) is 5.39. The second-order valence-electron chi connectivity index (χ2n) is 4.96. The lowest BCUT2D eigenvalue weighted by Gasteiger charge is -2.04. The quantitative estimate of drug-likeness (QED) is 0.393. The van der Waals surface area contributed by atoms with E-state index >= 15 is 0 Å². The number of unbranched alkanes of at least 4 members (excludes halogenated alkanes) is 1. The predicted octanol–water partition coefficient (Wildman–Crippen LogP) is 5.61. The minimum Gasteiger partial charge on any atom is -0.494 e. The van der Waals surface area contributed by atoms with Crippen LogP contribution in [0, 0.1) is 17.7 Å². The van der Waals surface area contributed by atoms with Crippen LogP contribution >= 0.6 is 11.6 Å². The Morgan fingerprint density at radius 3 is 2.61 bits per heavy atom. The largest absolute Gasteiger partial charge is 0.494 e. The molecule has 3 heteroatoms. The lowest BCUT2D eigenvalue weighted by molar-refractivity contribution is 0.312. The summed E-state index contributed by atoms with van der Waals surface area (Å²) in [4.78, 5) is 0. The summed E-state index contributed by atoms with van der Waals surface area (Å²) in [5.41, 5.74) is 1.14. The molecule has 118 valence electrons. The van der Waals surface area contributed by atoms with Crippen LogP contribution < -0.4 is 4.74 Å². The fourth-order valence-electron chi connectivity index (χ4n) is 1.92. The van der Waals surface area contributed by atoms with Gasteiger partial charge in [0.1, 0.15) is 11.6 Å². The molecule has 2 rings (SSSR count). The molecule has 0 fully saturated rings. The van der Waals surface area contributed by atoms with Crippen LogP contribution in [-0.4, -0.2) is 6.61 Å². The monoisotopic (exact) mass is 328 g/mol. The molecule has 0 saturated heterocycles. The SMILES string of the molecule is CC=CCCCOc1ccc(C#Cc2ccc(Cl)cc2F)cc1. The topological polar surface area (TPSA) is 9.23 Å². The maximum atomic E-state index is 13.6. The summed E-state index contributed by atoms with van der Waals surface area (Å²) in [7, 11) is 0. The lowest BCUT2D eigenvalue weighted by atomic mass is 10.1. The highest BCUT2D eigenvalue weighted by molar-refractivity contribution is 6.30. The minimum atomic E-state index is -0.411. The molecule has 0 bridgehead atoms. The molecule has 0 atom stereocenters. The van der Waals surface area contributed by atoms with Crippen molar-refractivity contribution in [2.45, 2.75) is 19.8 Å². The highest BCUT2D eigenvalue weighted by Gasteiger charge is 1.99. The number of hydrogen-bond donors (Lipinski definition) is 0. The normalized spacial score (nSPS) is 10.4. The van der Waals surface area contributed by atoms with Gasteiger partial charge in [-0.25, -0.2) is 4.39 Å². The molecular weight excluding hydrogens is 311 g/mol. The van der Waals surface area contributed by atoms with Gasteiger partial charge in [0.2, 0.25) is 0 Å². The molecule has 0 unspecified atom stereocenters. The van der Waals surface area contributed by atoms with Crippen molar-refractivity contribution in [3.8, 4) is 17.6 Å². The summed E-state index contributed by atoms with van der Waals surface area (Å²) in [5, 5.41) is 0.365. The van der Waals surface area contributed by atoms with Crippen molar-refractivity contribution in [3.63, 3.8) is 0 Å². The Labute approximate surface area is 141 Å². The molecule has 0 radical (unpaired) electrons. The van der Waals surface area contributed by atoms with Crippen molar-refractivity contribution < 1.29 is 9.13 Å². The van der Waals surface area contributed by atoms with E-state index in [2.05, 4.69) is 17.9 Å². The Hall–Kier alpha value is -2.24. The molecule has 0 saturated carbocycles. The Kier molecular flexibility index (Phi) is 6.72. The van der Waals surface area contributed by atoms with Crippen LogP contribution in [0.3, 0.4) is 0 Å². The van der Waals surface area contributed by atoms with Crippen molar-refractivity contribution in [1.29, 1.82) is 0 Å². The average Bonchev–Trinajstić information content (AvgIpc) is 2.55. The van der Waals surface area contributed by atoms with E-state index in [4.69, 9.17) is 16.3 Å². The summed E-state index contributed by atoms with van der Waals surface area (Å²) in [6, 6.07) is 11.9. The summed E-state index contributed by atoms with van der Waals surface area (Å²) < 4.78 is 19.3. The van der Waals surface area contributed by atoms with Gasteiger partial charge in [0.25, 0.3) is 0 Å². The number of allylic oxidation sites excluding steroid dienone is 2. The number of benzene rings is 2. The summed E-state index contributed by atoms with van der Waals surface area (Å²) in [6.07, 6.45) is 6.17. The van der Waals surface area contributed by atoms with Gasteiger partial charge in [-0.3, -0.25) is 0 Å². The third-order valence-corrected chi connectivity index (χ3v) is 3.38. The van der Waals surface area contributed by atoms with Gasteiger partial charge in [0, 0.05) is 10.6 Å². The van der Waals surface area contributed by atoms with E-state index in [-0.39, 0.29) is 0 Å². The van der Waals surface area contributed by atoms with E-state index in [1.165, 1.54) is 6.07 Å². The van der Waals surface area contributed by atoms with E-state index in [1.807, 2.05) is 37.3 Å². The highest BCUT2D eigenvalue weighted by Crippen LogP contribution is 2.15. The zero-order valence-corrected chi connectivity index (χ0v) is 13.7. The van der Waals surface area contributed by atoms with Crippen molar-refractivity contribution in [2.24, 2.45) is 0 Å². The van der Waals surface area contributed by atoms with Crippen LogP contribution in [0.15, 0.2) is 54.6 Å². The van der Waals surface area contributed by atoms with Crippen LogP contribution in [0.1, 0.15) is 30.9 Å². The molecule has 0 N–H and O–H groups in total. The van der Waals surface area contributed by atoms with Crippen LogP contribution in [-0.2, 0) is 0 Å². The fourth-order valence-corrected chi connectivity index (χ4v) is 2.08. The first-order valence-corrected chi connectivity index (χ1v) is 7.88. The smallest absolute Gasteiger partial charge is 0.140 e. The third kappa shape index (κ3) is 5.81. The van der Waals surface area contributed by atoms with Gasteiger partial charge in [-0.15, -0.1) is 0 Å². The third-order valence-electron chi connectivity index (χ3n) is 3.15. The fraction of sp³-hybridized carbons (Fsp3) is 0.200. The summed E-state index contributed by atoms with van der Waals surface area (Å²) in [6.45, 7) is 2.70. The van der Waals surface area contributed by atoms with Gasteiger partial charge in [-0.05, 0) is 62.2 Å². The van der Waals surface area contributed by atoms with E-state index in [0.29, 0.717) is 17.2 Å². The number of rotatable bonds is 5. The predicted molar refractivity (Wildman–Crippen MR) is 93.4 cm³/mol. The zero-order chi connectivity index (χ0) is 16.5. The first kappa shape index (κ1) is 17.1. The van der Waals surface area contributed by atoms with E-state index in [9.17, 15) is 4.39 Å². The number of halogens is 2. The highest BCUT2D eigenvalue weighted by atomic mass is 35.5. The molecule has 0 spiro atoms. The van der Waals surface area contributed by atoms with Crippen LogP contribution in [0.2, 0.25) is 5.02 Å². The summed E-state index contributed by atoms with van der Waals surface area (Å²) in [5.74, 6) is 6.15. The molecule has 1 nitrogen and oxygen atoms in total. The Balaban J connectivity index is 1.94. The van der Waals surface area contributed by atoms with Gasteiger partial charge in [-0.1, -0.05) is 35.6 Å². The van der Waals surface area contributed by atoms with Crippen LogP contribution in [0.5, 0.6) is 5.75 Å². The standard InChI is InChI=1S/C20H18ClFO/c1-2-3-4-5-14-23-19-12-7-16(8-13-19)6-9-17-10-11-18(21)15-20(17)22/h2-3,7-8,10-13,15H,4-5,14H2,1H3. The van der Waals surface area contributed by atoms with Crippen molar-refractivity contribution >= 4 is 11.6 Å². The molecule has 23 heavy (non-hydrogen) atoms. The van der Waals surface area contributed by atoms with Gasteiger partial charge >= 0.3 is 0 Å². The maximum Gasteiger partial charge on any atom is 0.140 e. The molecule has 2 aromatic rings. The molecule has 0 heterocycles. The van der Waals surface area contributed by atoms with E-state index in [1.54, 1.807) is 12.1 Å². The molecule has 0 aliphatic rings. The van der Waals surface area contributed by atoms with Gasteiger partial charge < -0.3 is 4.74 Å². The molecule has 0 aromatic heterocycles. The van der Waals surface area contributed by atoms with Crippen molar-refractivity contribution in [3.05, 3.63) is 76.6 Å². The molecule has 2 aromatic carbocycles. The Morgan fingerprint density at radius 1 is 1.13 bits per heavy atom. The van der Waals surface area contributed by atoms with E-state index < -0.39 is 5.82 Å². The zero-order valence-electron chi connectivity index (χ0n) is 13.0. The Morgan fingerprint density at radius 2 is 1.91 bits per heavy atom. The van der Waals surface area contributed by atoms with Crippen LogP contribution in [0.25, 0.3) is 0 Å². The molecular formula is C20H18ClFO. The van der Waals surface area contributed by atoms with Crippen molar-refractivity contribution in [1.82, 2.24) is 0 Å². The number of ether oxygens (including phenoxy) is 1. The molecule has 0 aliphatic heterocycles. The Bertz CT molecular complexity index is 724. The minimum absolute atomic E-state index is 0.332. The van der Waals surface area contributed by atoms with Gasteiger partial charge in [-0.2, -0.15) is 0 Å². The van der Waals surface area contributed by atoms with Gasteiger partial charge in [0.05, 0.1) is 12.2 Å². The lowest BCUT2D eigenvalue weighted by Crippen LogP contribution is -1.96. The van der Waals surface area contributed by atoms with Crippen molar-refractivity contribution in [2.75, 3.05) is 6.61 Å². The molecule has 0 amide bonds. The van der Waals surface area contributed by atoms with E-state index in [0.717, 1.165) is 24.2 Å². The average molecular weight is 329 g/mol. The first-order chi connectivity index (χ1) is 11.2. The number of hydrogen-bond acceptors (Lipinski definition) is 1. The molecule has 0 aliphatic carbocycles. The van der Waals surface area contributed by atoms with Gasteiger partial charge in [0.15, 0.2) is 0 Å². The maximum absolute atomic E-state index is 13.6. The summed E-state index contributed by atoms with van der Waals surface area (Å²) >= 11 is 5.72.